The Morgan fingerprint density at radius 3 is 1.12 bits per heavy atom. The monoisotopic (exact) mass is 1560 g/mol. The van der Waals surface area contributed by atoms with Gasteiger partial charge in [0.1, 0.15) is 22.3 Å². The highest BCUT2D eigenvalue weighted by molar-refractivity contribution is 7.26. The molecule has 0 spiro atoms. The van der Waals surface area contributed by atoms with Crippen molar-refractivity contribution in [3.05, 3.63) is 388 Å². The van der Waals surface area contributed by atoms with Crippen LogP contribution in [0.1, 0.15) is 0 Å². The SMILES string of the molecule is c1ccc(-c2ccc3c(c2)c2ccccc2n3-c2cc3c4cc5c6ccccc6n(-c6nc(-c7ccccc7)c7sc8ccccc8c7n6)c5cc4oc3c3ccccc23)cc1.c1ccc(-c2cccc(-c3nc(-n4c5ccccc5c5cc6c(cc54)oc4c5ccccc5c(-n5c7ccccc7c7ccccc75)cc64)nc4ccccc34)c2)cc1. The normalized spacial score (nSPS) is 12.1. The highest BCUT2D eigenvalue weighted by Crippen LogP contribution is 2.49. The van der Waals surface area contributed by atoms with Crippen molar-refractivity contribution in [1.29, 1.82) is 0 Å². The fraction of sp³-hybridized carbons (Fsp3) is 0. The van der Waals surface area contributed by atoms with Gasteiger partial charge in [0.05, 0.1) is 82.6 Å². The van der Waals surface area contributed by atoms with Crippen molar-refractivity contribution < 1.29 is 8.83 Å². The Labute approximate surface area is 693 Å². The second-order valence-corrected chi connectivity index (χ2v) is 32.5. The molecule has 0 bridgehead atoms. The number of hydrogen-bond donors (Lipinski definition) is 0. The fourth-order valence-electron chi connectivity index (χ4n) is 19.4. The van der Waals surface area contributed by atoms with Crippen molar-refractivity contribution in [2.75, 3.05) is 0 Å². The van der Waals surface area contributed by atoms with Crippen LogP contribution in [-0.4, -0.2) is 38.2 Å². The lowest BCUT2D eigenvalue weighted by Crippen LogP contribution is -2.03. The van der Waals surface area contributed by atoms with Gasteiger partial charge in [0.15, 0.2) is 0 Å². The number of benzene rings is 18. The molecular weight excluding hydrogens is 1500 g/mol. The minimum Gasteiger partial charge on any atom is -0.455 e. The first-order chi connectivity index (χ1) is 60.0. The van der Waals surface area contributed by atoms with E-state index in [4.69, 9.17) is 28.8 Å². The van der Waals surface area contributed by atoms with E-state index in [1.165, 1.54) is 65.0 Å². The Bertz CT molecular complexity index is 9000. The Balaban J connectivity index is 0.000000131. The van der Waals surface area contributed by atoms with E-state index >= 15 is 0 Å². The lowest BCUT2D eigenvalue weighted by Gasteiger charge is -2.13. The summed E-state index contributed by atoms with van der Waals surface area (Å²) < 4.78 is 25.6. The van der Waals surface area contributed by atoms with Crippen LogP contribution in [0.3, 0.4) is 0 Å². The van der Waals surface area contributed by atoms with Gasteiger partial charge in [-0.15, -0.1) is 11.3 Å². The average Bonchev–Trinajstić information content (AvgIpc) is 1.56. The van der Waals surface area contributed by atoms with Gasteiger partial charge in [-0.1, -0.05) is 291 Å². The molecule has 0 fully saturated rings. The lowest BCUT2D eigenvalue weighted by atomic mass is 10.00. The zero-order valence-corrected chi connectivity index (χ0v) is 65.6. The van der Waals surface area contributed by atoms with E-state index in [9.17, 15) is 0 Å². The number of furan rings is 2. The molecule has 18 aromatic carbocycles. The first-order valence-corrected chi connectivity index (χ1v) is 41.7. The maximum Gasteiger partial charge on any atom is 0.235 e. The number of thiophene rings is 1. The molecule has 0 saturated carbocycles. The number of para-hydroxylation sites is 6. The largest absolute Gasteiger partial charge is 0.455 e. The van der Waals surface area contributed by atoms with Gasteiger partial charge < -0.3 is 18.0 Å². The van der Waals surface area contributed by atoms with E-state index in [2.05, 4.69) is 400 Å². The van der Waals surface area contributed by atoms with E-state index in [0.717, 1.165) is 175 Å². The highest BCUT2D eigenvalue weighted by Gasteiger charge is 2.28. The first-order valence-electron chi connectivity index (χ1n) is 40.9. The van der Waals surface area contributed by atoms with Crippen LogP contribution in [0.5, 0.6) is 0 Å². The Morgan fingerprint density at radius 1 is 0.207 bits per heavy atom. The number of hydrogen-bond acceptors (Lipinski definition) is 7. The zero-order chi connectivity index (χ0) is 79.1. The molecule has 0 unspecified atom stereocenters. The van der Waals surface area contributed by atoms with Crippen molar-refractivity contribution in [3.8, 4) is 68.0 Å². The Kier molecular flexibility index (Phi) is 14.5. The third-order valence-electron chi connectivity index (χ3n) is 24.8. The topological polar surface area (TPSA) is 97.6 Å². The van der Waals surface area contributed by atoms with Gasteiger partial charge in [-0.3, -0.25) is 9.13 Å². The predicted molar refractivity (Wildman–Crippen MR) is 503 cm³/mol. The molecule has 0 aliphatic rings. The maximum atomic E-state index is 7.02. The van der Waals surface area contributed by atoms with Gasteiger partial charge in [0.2, 0.25) is 11.9 Å². The average molecular weight is 1560 g/mol. The van der Waals surface area contributed by atoms with Gasteiger partial charge in [0, 0.05) is 125 Å². The third kappa shape index (κ3) is 10.2. The second kappa shape index (κ2) is 26.2. The lowest BCUT2D eigenvalue weighted by molar-refractivity contribution is 0.672. The van der Waals surface area contributed by atoms with Crippen LogP contribution in [0.4, 0.5) is 0 Å². The van der Waals surface area contributed by atoms with Crippen LogP contribution in [0.2, 0.25) is 0 Å². The van der Waals surface area contributed by atoms with E-state index in [1.54, 1.807) is 11.3 Å². The van der Waals surface area contributed by atoms with Crippen LogP contribution in [0, 0.1) is 0 Å². The summed E-state index contributed by atoms with van der Waals surface area (Å²) in [5.41, 5.74) is 24.9. The maximum absolute atomic E-state index is 7.02. The molecule has 0 radical (unpaired) electrons. The minimum absolute atomic E-state index is 0.615. The number of rotatable bonds is 8. The zero-order valence-electron chi connectivity index (χ0n) is 64.8. The Morgan fingerprint density at radius 2 is 0.587 bits per heavy atom. The van der Waals surface area contributed by atoms with Crippen molar-refractivity contribution in [2.45, 2.75) is 0 Å². The molecule has 9 aromatic heterocycles. The molecule has 0 aliphatic carbocycles. The van der Waals surface area contributed by atoms with Gasteiger partial charge >= 0.3 is 0 Å². The summed E-state index contributed by atoms with van der Waals surface area (Å²) in [6, 6.07) is 138. The van der Waals surface area contributed by atoms with Gasteiger partial charge in [-0.05, 0) is 107 Å². The quantitative estimate of drug-likeness (QED) is 0.150. The fourth-order valence-corrected chi connectivity index (χ4v) is 20.6. The molecular formula is C110H64N8O2S. The standard InChI is InChI=1S/C56H32N4OS.C54H32N4O/c1-3-15-33(16-4-1)35-27-28-47-41(29-35)37-20-9-12-24-45(37)59(47)48-31-44-43-30-42-38-21-10-13-25-46(38)60(49(42)32-50(43)61-54(44)39-22-8-7-19-36(39)48)56-57-52(34-17-5-2-6-18-34)55-53(58-56)40-23-11-14-26-51(40)62-55;1-2-15-33(16-3-1)34-17-14-18-35(29-34)52-41-24-6-10-25-45(41)55-54(56-52)58-48-28-13-9-22-39(48)42-30-43-44-31-49(38-21-4-5-23-40(38)53(44)59-51(43)32-50(42)58)57-46-26-11-7-19-36(46)37-20-8-12-27-47(37)57/h1-32H;1-32H. The molecule has 0 aliphatic heterocycles. The molecule has 11 heteroatoms. The minimum atomic E-state index is 0.615. The molecule has 0 amide bonds. The second-order valence-electron chi connectivity index (χ2n) is 31.4. The molecule has 0 saturated heterocycles. The molecule has 562 valence electrons. The molecule has 0 N–H and O–H groups in total. The van der Waals surface area contributed by atoms with Gasteiger partial charge in [-0.2, -0.15) is 0 Å². The van der Waals surface area contributed by atoms with Crippen LogP contribution < -0.4 is 0 Å². The summed E-state index contributed by atoms with van der Waals surface area (Å²) in [6.07, 6.45) is 0. The van der Waals surface area contributed by atoms with Crippen LogP contribution in [-0.2, 0) is 0 Å². The highest BCUT2D eigenvalue weighted by atomic mass is 32.1. The Hall–Kier alpha value is -16.1. The van der Waals surface area contributed by atoms with Gasteiger partial charge in [0.25, 0.3) is 0 Å². The summed E-state index contributed by atoms with van der Waals surface area (Å²) in [5, 5.41) is 20.3. The third-order valence-corrected chi connectivity index (χ3v) is 26.0. The number of fused-ring (bicyclic) bond motifs is 26. The molecule has 27 rings (SSSR count). The summed E-state index contributed by atoms with van der Waals surface area (Å²) in [6.45, 7) is 0. The predicted octanol–water partition coefficient (Wildman–Crippen LogP) is 29.6. The van der Waals surface area contributed by atoms with Crippen molar-refractivity contribution >= 4 is 195 Å². The van der Waals surface area contributed by atoms with Crippen molar-refractivity contribution in [3.63, 3.8) is 0 Å². The molecule has 121 heavy (non-hydrogen) atoms. The van der Waals surface area contributed by atoms with Crippen LogP contribution in [0.25, 0.3) is 252 Å². The summed E-state index contributed by atoms with van der Waals surface area (Å²) in [5.74, 6) is 1.25. The van der Waals surface area contributed by atoms with Gasteiger partial charge in [-0.25, -0.2) is 19.9 Å². The molecule has 9 heterocycles. The van der Waals surface area contributed by atoms with Crippen LogP contribution >= 0.6 is 11.3 Å². The smallest absolute Gasteiger partial charge is 0.235 e. The number of aromatic nitrogens is 8. The molecule has 27 aromatic rings. The van der Waals surface area contributed by atoms with E-state index < -0.39 is 0 Å². The van der Waals surface area contributed by atoms with Crippen molar-refractivity contribution in [1.82, 2.24) is 38.2 Å². The van der Waals surface area contributed by atoms with E-state index in [0.29, 0.717) is 11.9 Å². The number of nitrogens with zero attached hydrogens (tertiary/aromatic N) is 8. The summed E-state index contributed by atoms with van der Waals surface area (Å²) in [7, 11) is 0. The van der Waals surface area contributed by atoms with Crippen molar-refractivity contribution in [2.24, 2.45) is 0 Å². The van der Waals surface area contributed by atoms with Crippen LogP contribution in [0.15, 0.2) is 397 Å². The van der Waals surface area contributed by atoms with E-state index in [1.807, 2.05) is 6.07 Å². The summed E-state index contributed by atoms with van der Waals surface area (Å²) in [4.78, 5) is 21.5. The molecule has 0 atom stereocenters. The summed E-state index contributed by atoms with van der Waals surface area (Å²) >= 11 is 1.75. The first kappa shape index (κ1) is 67.1. The molecule has 10 nitrogen and oxygen atoms in total. The van der Waals surface area contributed by atoms with E-state index in [-0.39, 0.29) is 0 Å².